The number of rotatable bonds is 7. The summed E-state index contributed by atoms with van der Waals surface area (Å²) in [6, 6.07) is 9.15. The van der Waals surface area contributed by atoms with Gasteiger partial charge in [-0.25, -0.2) is 8.42 Å². The van der Waals surface area contributed by atoms with E-state index >= 15 is 0 Å². The second kappa shape index (κ2) is 10.4. The van der Waals surface area contributed by atoms with Gasteiger partial charge in [-0.1, -0.05) is 24.6 Å². The third-order valence-corrected chi connectivity index (χ3v) is 7.22. The van der Waals surface area contributed by atoms with Crippen molar-refractivity contribution in [3.05, 3.63) is 65.2 Å². The first-order chi connectivity index (χ1) is 15.6. The van der Waals surface area contributed by atoms with Crippen molar-refractivity contribution in [3.8, 4) is 5.75 Å². The summed E-state index contributed by atoms with van der Waals surface area (Å²) in [6.45, 7) is 0.967. The number of hydrogen-bond donors (Lipinski definition) is 1. The van der Waals surface area contributed by atoms with Gasteiger partial charge in [-0.15, -0.1) is 0 Å². The van der Waals surface area contributed by atoms with Gasteiger partial charge in [0, 0.05) is 25.7 Å². The Labute approximate surface area is 191 Å². The SMILES string of the molecule is COc1ccc(/C=C/C(=O)NCc2ccc(C(F)(F)F)cc2)cc1S(=O)(=O)N1CCCCC1. The molecule has 1 aliphatic rings. The van der Waals surface area contributed by atoms with Gasteiger partial charge in [-0.3, -0.25) is 4.79 Å². The predicted molar refractivity (Wildman–Crippen MR) is 118 cm³/mol. The highest BCUT2D eigenvalue weighted by atomic mass is 32.2. The van der Waals surface area contributed by atoms with Gasteiger partial charge < -0.3 is 10.1 Å². The molecule has 0 bridgehead atoms. The van der Waals surface area contributed by atoms with E-state index in [2.05, 4.69) is 5.32 Å². The fraction of sp³-hybridized carbons (Fsp3) is 0.348. The highest BCUT2D eigenvalue weighted by Gasteiger charge is 2.30. The number of sulfonamides is 1. The molecule has 0 unspecified atom stereocenters. The fourth-order valence-electron chi connectivity index (χ4n) is 3.47. The zero-order valence-corrected chi connectivity index (χ0v) is 18.9. The van der Waals surface area contributed by atoms with E-state index in [-0.39, 0.29) is 17.2 Å². The van der Waals surface area contributed by atoms with E-state index in [4.69, 9.17) is 4.74 Å². The molecule has 3 rings (SSSR count). The van der Waals surface area contributed by atoms with Gasteiger partial charge in [0.15, 0.2) is 0 Å². The minimum absolute atomic E-state index is 0.0409. The molecule has 1 saturated heterocycles. The molecule has 2 aromatic carbocycles. The van der Waals surface area contributed by atoms with Crippen molar-refractivity contribution in [2.75, 3.05) is 20.2 Å². The third-order valence-electron chi connectivity index (χ3n) is 5.30. The second-order valence-electron chi connectivity index (χ2n) is 7.62. The first-order valence-electron chi connectivity index (χ1n) is 10.4. The first-order valence-corrected chi connectivity index (χ1v) is 11.9. The van der Waals surface area contributed by atoms with E-state index in [1.807, 2.05) is 0 Å². The van der Waals surface area contributed by atoms with Crippen LogP contribution in [-0.4, -0.2) is 38.8 Å². The number of carbonyl (C=O) groups is 1. The van der Waals surface area contributed by atoms with E-state index < -0.39 is 27.7 Å². The average molecular weight is 483 g/mol. The van der Waals surface area contributed by atoms with Crippen molar-refractivity contribution >= 4 is 22.0 Å². The number of halogens is 3. The van der Waals surface area contributed by atoms with Gasteiger partial charge in [0.2, 0.25) is 15.9 Å². The Bertz CT molecular complexity index is 1110. The molecule has 0 aliphatic carbocycles. The van der Waals surface area contributed by atoms with Gasteiger partial charge in [-0.05, 0) is 54.3 Å². The molecule has 2 aromatic rings. The van der Waals surface area contributed by atoms with Crippen LogP contribution in [0.15, 0.2) is 53.4 Å². The maximum atomic E-state index is 13.1. The van der Waals surface area contributed by atoms with Crippen LogP contribution in [0.2, 0.25) is 0 Å². The summed E-state index contributed by atoms with van der Waals surface area (Å²) in [5.41, 5.74) is 0.257. The van der Waals surface area contributed by atoms with Crippen LogP contribution in [0, 0.1) is 0 Å². The Morgan fingerprint density at radius 1 is 1.09 bits per heavy atom. The van der Waals surface area contributed by atoms with Crippen LogP contribution >= 0.6 is 0 Å². The van der Waals surface area contributed by atoms with Crippen molar-refractivity contribution in [3.63, 3.8) is 0 Å². The molecule has 1 fully saturated rings. The molecular formula is C23H25F3N2O4S. The summed E-state index contributed by atoms with van der Waals surface area (Å²) in [5, 5.41) is 2.59. The van der Waals surface area contributed by atoms with E-state index in [1.165, 1.54) is 47.8 Å². The standard InChI is InChI=1S/C23H25F3N2O4S/c1-32-20-11-7-17(15-21(20)33(30,31)28-13-3-2-4-14-28)8-12-22(29)27-16-18-5-9-19(10-6-18)23(24,25)26/h5-12,15H,2-4,13-14,16H2,1H3,(H,27,29)/b12-8+. The van der Waals surface area contributed by atoms with Crippen LogP contribution in [0.3, 0.4) is 0 Å². The van der Waals surface area contributed by atoms with E-state index in [0.29, 0.717) is 24.2 Å². The van der Waals surface area contributed by atoms with Crippen molar-refractivity contribution in [2.45, 2.75) is 36.9 Å². The Morgan fingerprint density at radius 2 is 1.76 bits per heavy atom. The Balaban J connectivity index is 1.68. The third kappa shape index (κ3) is 6.35. The molecule has 1 heterocycles. The number of benzene rings is 2. The summed E-state index contributed by atoms with van der Waals surface area (Å²) in [4.78, 5) is 12.2. The number of hydrogen-bond acceptors (Lipinski definition) is 4. The lowest BCUT2D eigenvalue weighted by Crippen LogP contribution is -2.35. The van der Waals surface area contributed by atoms with Crippen molar-refractivity contribution < 1.29 is 31.1 Å². The minimum atomic E-state index is -4.41. The number of alkyl halides is 3. The lowest BCUT2D eigenvalue weighted by atomic mass is 10.1. The van der Waals surface area contributed by atoms with Crippen molar-refractivity contribution in [1.82, 2.24) is 9.62 Å². The smallest absolute Gasteiger partial charge is 0.416 e. The summed E-state index contributed by atoms with van der Waals surface area (Å²) < 4.78 is 70.7. The Morgan fingerprint density at radius 3 is 2.36 bits per heavy atom. The summed E-state index contributed by atoms with van der Waals surface area (Å²) >= 11 is 0. The molecule has 1 N–H and O–H groups in total. The van der Waals surface area contributed by atoms with E-state index in [1.54, 1.807) is 6.07 Å². The number of carbonyl (C=O) groups excluding carboxylic acids is 1. The first kappa shape index (κ1) is 24.8. The van der Waals surface area contributed by atoms with Crippen LogP contribution in [0.25, 0.3) is 6.08 Å². The second-order valence-corrected chi connectivity index (χ2v) is 9.53. The molecule has 33 heavy (non-hydrogen) atoms. The Hall–Kier alpha value is -2.85. The van der Waals surface area contributed by atoms with Crippen LogP contribution in [0.1, 0.15) is 36.0 Å². The number of nitrogens with one attached hydrogen (secondary N) is 1. The summed E-state index contributed by atoms with van der Waals surface area (Å²) in [6.07, 6.45) is 0.900. The Kier molecular flexibility index (Phi) is 7.80. The van der Waals surface area contributed by atoms with Crippen molar-refractivity contribution in [2.24, 2.45) is 0 Å². The molecule has 1 amide bonds. The highest BCUT2D eigenvalue weighted by molar-refractivity contribution is 7.89. The van der Waals surface area contributed by atoms with Crippen LogP contribution < -0.4 is 10.1 Å². The lowest BCUT2D eigenvalue weighted by Gasteiger charge is -2.26. The average Bonchev–Trinajstić information content (AvgIpc) is 2.81. The molecule has 0 aromatic heterocycles. The van der Waals surface area contributed by atoms with E-state index in [9.17, 15) is 26.4 Å². The number of nitrogens with zero attached hydrogens (tertiary/aromatic N) is 1. The van der Waals surface area contributed by atoms with Gasteiger partial charge in [-0.2, -0.15) is 17.5 Å². The predicted octanol–water partition coefficient (Wildman–Crippen LogP) is 4.22. The fourth-order valence-corrected chi connectivity index (χ4v) is 5.18. The van der Waals surface area contributed by atoms with Crippen LogP contribution in [-0.2, 0) is 27.5 Å². The lowest BCUT2D eigenvalue weighted by molar-refractivity contribution is -0.137. The largest absolute Gasteiger partial charge is 0.495 e. The molecule has 0 saturated carbocycles. The maximum absolute atomic E-state index is 13.1. The molecule has 6 nitrogen and oxygen atoms in total. The molecule has 0 atom stereocenters. The zero-order valence-electron chi connectivity index (χ0n) is 18.1. The highest BCUT2D eigenvalue weighted by Crippen LogP contribution is 2.30. The van der Waals surface area contributed by atoms with Gasteiger partial charge in [0.1, 0.15) is 10.6 Å². The summed E-state index contributed by atoms with van der Waals surface area (Å²) in [7, 11) is -2.33. The molecule has 178 valence electrons. The van der Waals surface area contributed by atoms with Gasteiger partial charge in [0.05, 0.1) is 12.7 Å². The van der Waals surface area contributed by atoms with Gasteiger partial charge >= 0.3 is 6.18 Å². The monoisotopic (exact) mass is 482 g/mol. The van der Waals surface area contributed by atoms with Crippen LogP contribution in [0.4, 0.5) is 13.2 Å². The number of amides is 1. The topological polar surface area (TPSA) is 75.7 Å². The molecule has 10 heteroatoms. The van der Waals surface area contributed by atoms with Crippen molar-refractivity contribution in [1.29, 1.82) is 0 Å². The molecule has 1 aliphatic heterocycles. The quantitative estimate of drug-likeness (QED) is 0.600. The van der Waals surface area contributed by atoms with Crippen LogP contribution in [0.5, 0.6) is 5.75 Å². The number of methoxy groups -OCH3 is 1. The maximum Gasteiger partial charge on any atom is 0.416 e. The van der Waals surface area contributed by atoms with E-state index in [0.717, 1.165) is 31.4 Å². The van der Waals surface area contributed by atoms with Gasteiger partial charge in [0.25, 0.3) is 0 Å². The molecule has 0 radical (unpaired) electrons. The normalized spacial score (nSPS) is 15.5. The number of piperidine rings is 1. The summed E-state index contributed by atoms with van der Waals surface area (Å²) in [5.74, 6) is -0.240. The molecular weight excluding hydrogens is 457 g/mol. The minimum Gasteiger partial charge on any atom is -0.495 e. The zero-order chi connectivity index (χ0) is 24.1. The number of ether oxygens (including phenoxy) is 1. The molecule has 0 spiro atoms.